The zero-order chi connectivity index (χ0) is 20.1. The van der Waals surface area contributed by atoms with Crippen molar-refractivity contribution in [2.75, 3.05) is 44.8 Å². The SMILES string of the molecule is COc1ccc(Cl)cc1C(=O)OCC(=O)N1CCN(c2ccccc2F)CC1. The smallest absolute Gasteiger partial charge is 0.342 e. The van der Waals surface area contributed by atoms with Crippen LogP contribution in [0, 0.1) is 5.82 Å². The molecule has 148 valence electrons. The van der Waals surface area contributed by atoms with E-state index >= 15 is 0 Å². The molecule has 1 aliphatic heterocycles. The number of benzene rings is 2. The van der Waals surface area contributed by atoms with E-state index in [0.717, 1.165) is 0 Å². The molecule has 0 saturated carbocycles. The summed E-state index contributed by atoms with van der Waals surface area (Å²) in [7, 11) is 1.43. The van der Waals surface area contributed by atoms with Crippen molar-refractivity contribution in [2.45, 2.75) is 0 Å². The molecule has 1 amide bonds. The summed E-state index contributed by atoms with van der Waals surface area (Å²) >= 11 is 5.91. The Morgan fingerprint density at radius 3 is 2.50 bits per heavy atom. The summed E-state index contributed by atoms with van der Waals surface area (Å²) in [6, 6.07) is 11.1. The number of carbonyl (C=O) groups excluding carboxylic acids is 2. The maximum atomic E-state index is 13.9. The van der Waals surface area contributed by atoms with Crippen molar-refractivity contribution in [1.82, 2.24) is 4.90 Å². The maximum absolute atomic E-state index is 13.9. The molecule has 0 N–H and O–H groups in total. The molecule has 0 atom stereocenters. The molecule has 1 saturated heterocycles. The van der Waals surface area contributed by atoms with Crippen LogP contribution < -0.4 is 9.64 Å². The number of esters is 1. The first kappa shape index (κ1) is 19.9. The number of methoxy groups -OCH3 is 1. The predicted molar refractivity (Wildman–Crippen MR) is 103 cm³/mol. The topological polar surface area (TPSA) is 59.1 Å². The summed E-state index contributed by atoms with van der Waals surface area (Å²) < 4.78 is 24.1. The van der Waals surface area contributed by atoms with Gasteiger partial charge in [-0.2, -0.15) is 0 Å². The lowest BCUT2D eigenvalue weighted by atomic mass is 10.2. The van der Waals surface area contributed by atoms with Crippen molar-refractivity contribution in [3.05, 3.63) is 58.9 Å². The molecule has 0 bridgehead atoms. The molecular weight excluding hydrogens is 387 g/mol. The number of hydrogen-bond donors (Lipinski definition) is 0. The fourth-order valence-corrected chi connectivity index (χ4v) is 3.21. The highest BCUT2D eigenvalue weighted by molar-refractivity contribution is 6.31. The molecule has 2 aromatic carbocycles. The van der Waals surface area contributed by atoms with E-state index in [9.17, 15) is 14.0 Å². The predicted octanol–water partition coefficient (Wildman–Crippen LogP) is 2.99. The van der Waals surface area contributed by atoms with Crippen molar-refractivity contribution in [2.24, 2.45) is 0 Å². The summed E-state index contributed by atoms with van der Waals surface area (Å²) in [5.41, 5.74) is 0.682. The molecule has 1 heterocycles. The number of carbonyl (C=O) groups is 2. The Labute approximate surface area is 167 Å². The van der Waals surface area contributed by atoms with Gasteiger partial charge in [0.15, 0.2) is 6.61 Å². The second-order valence-electron chi connectivity index (χ2n) is 6.24. The van der Waals surface area contributed by atoms with Crippen LogP contribution in [0.15, 0.2) is 42.5 Å². The van der Waals surface area contributed by atoms with Crippen LogP contribution in [0.3, 0.4) is 0 Å². The third kappa shape index (κ3) is 4.54. The summed E-state index contributed by atoms with van der Waals surface area (Å²) in [6.07, 6.45) is 0. The summed E-state index contributed by atoms with van der Waals surface area (Å²) in [4.78, 5) is 28.1. The molecule has 2 aromatic rings. The minimum Gasteiger partial charge on any atom is -0.496 e. The van der Waals surface area contributed by atoms with E-state index in [1.54, 1.807) is 35.2 Å². The molecule has 3 rings (SSSR count). The molecule has 1 aliphatic rings. The molecule has 28 heavy (non-hydrogen) atoms. The fraction of sp³-hybridized carbons (Fsp3) is 0.300. The first-order valence-electron chi connectivity index (χ1n) is 8.77. The number of amides is 1. The average molecular weight is 407 g/mol. The molecule has 0 radical (unpaired) electrons. The first-order valence-corrected chi connectivity index (χ1v) is 9.15. The van der Waals surface area contributed by atoms with Gasteiger partial charge >= 0.3 is 5.97 Å². The van der Waals surface area contributed by atoms with Gasteiger partial charge in [-0.1, -0.05) is 23.7 Å². The van der Waals surface area contributed by atoms with Gasteiger partial charge in [-0.05, 0) is 30.3 Å². The summed E-state index contributed by atoms with van der Waals surface area (Å²) in [5, 5.41) is 0.364. The van der Waals surface area contributed by atoms with Crippen LogP contribution in [-0.2, 0) is 9.53 Å². The molecule has 1 fully saturated rings. The van der Waals surface area contributed by atoms with Gasteiger partial charge in [-0.3, -0.25) is 4.79 Å². The molecule has 8 heteroatoms. The Balaban J connectivity index is 1.53. The fourth-order valence-electron chi connectivity index (χ4n) is 3.04. The minimum absolute atomic E-state index is 0.159. The first-order chi connectivity index (χ1) is 13.5. The van der Waals surface area contributed by atoms with E-state index in [2.05, 4.69) is 0 Å². The average Bonchev–Trinajstić information content (AvgIpc) is 2.72. The highest BCUT2D eigenvalue weighted by Crippen LogP contribution is 2.23. The second kappa shape index (κ2) is 8.93. The van der Waals surface area contributed by atoms with Gasteiger partial charge in [0.2, 0.25) is 0 Å². The number of para-hydroxylation sites is 1. The van der Waals surface area contributed by atoms with E-state index in [1.807, 2.05) is 4.90 Å². The monoisotopic (exact) mass is 406 g/mol. The van der Waals surface area contributed by atoms with Crippen LogP contribution in [0.4, 0.5) is 10.1 Å². The van der Waals surface area contributed by atoms with Gasteiger partial charge in [0.1, 0.15) is 17.1 Å². The summed E-state index contributed by atoms with van der Waals surface area (Å²) in [6.45, 7) is 1.47. The van der Waals surface area contributed by atoms with Crippen molar-refractivity contribution < 1.29 is 23.5 Å². The third-order valence-electron chi connectivity index (χ3n) is 4.53. The summed E-state index contributed by atoms with van der Waals surface area (Å²) in [5.74, 6) is -0.952. The van der Waals surface area contributed by atoms with Crippen molar-refractivity contribution in [3.63, 3.8) is 0 Å². The molecule has 0 unspecified atom stereocenters. The Morgan fingerprint density at radius 1 is 1.11 bits per heavy atom. The van der Waals surface area contributed by atoms with E-state index in [1.165, 1.54) is 19.2 Å². The van der Waals surface area contributed by atoms with Crippen LogP contribution in [0.25, 0.3) is 0 Å². The lowest BCUT2D eigenvalue weighted by Crippen LogP contribution is -2.50. The second-order valence-corrected chi connectivity index (χ2v) is 6.68. The number of hydrogen-bond acceptors (Lipinski definition) is 5. The Bertz CT molecular complexity index is 869. The van der Waals surface area contributed by atoms with Crippen LogP contribution in [-0.4, -0.2) is 56.7 Å². The third-order valence-corrected chi connectivity index (χ3v) is 4.77. The molecule has 0 aromatic heterocycles. The lowest BCUT2D eigenvalue weighted by molar-refractivity contribution is -0.134. The number of halogens is 2. The number of anilines is 1. The highest BCUT2D eigenvalue weighted by atomic mass is 35.5. The minimum atomic E-state index is -0.683. The van der Waals surface area contributed by atoms with E-state index in [4.69, 9.17) is 21.1 Å². The Hall–Kier alpha value is -2.80. The van der Waals surface area contributed by atoms with Gasteiger partial charge < -0.3 is 19.3 Å². The number of ether oxygens (including phenoxy) is 2. The number of nitrogens with zero attached hydrogens (tertiary/aromatic N) is 2. The van der Waals surface area contributed by atoms with Crippen LogP contribution in [0.1, 0.15) is 10.4 Å². The normalized spacial score (nSPS) is 14.0. The van der Waals surface area contributed by atoms with E-state index in [0.29, 0.717) is 42.6 Å². The quantitative estimate of drug-likeness (QED) is 0.714. The molecule has 6 nitrogen and oxygen atoms in total. The Kier molecular flexibility index (Phi) is 6.36. The zero-order valence-electron chi connectivity index (χ0n) is 15.4. The largest absolute Gasteiger partial charge is 0.496 e. The number of piperazine rings is 1. The van der Waals surface area contributed by atoms with E-state index in [-0.39, 0.29) is 23.9 Å². The van der Waals surface area contributed by atoms with Gasteiger partial charge in [0, 0.05) is 31.2 Å². The zero-order valence-corrected chi connectivity index (χ0v) is 16.1. The van der Waals surface area contributed by atoms with Gasteiger partial charge in [-0.25, -0.2) is 9.18 Å². The van der Waals surface area contributed by atoms with Crippen LogP contribution >= 0.6 is 11.6 Å². The standard InChI is InChI=1S/C20H20ClFN2O4/c1-27-18-7-6-14(21)12-15(18)20(26)28-13-19(25)24-10-8-23(9-11-24)17-5-3-2-4-16(17)22/h2-7,12H,8-11,13H2,1H3. The van der Waals surface area contributed by atoms with Crippen molar-refractivity contribution in [3.8, 4) is 5.75 Å². The maximum Gasteiger partial charge on any atom is 0.342 e. The van der Waals surface area contributed by atoms with Gasteiger partial charge in [0.25, 0.3) is 5.91 Å². The lowest BCUT2D eigenvalue weighted by Gasteiger charge is -2.36. The van der Waals surface area contributed by atoms with Gasteiger partial charge in [0.05, 0.1) is 12.8 Å². The molecular formula is C20H20ClFN2O4. The highest BCUT2D eigenvalue weighted by Gasteiger charge is 2.24. The Morgan fingerprint density at radius 2 is 1.82 bits per heavy atom. The number of rotatable bonds is 5. The van der Waals surface area contributed by atoms with Crippen molar-refractivity contribution >= 4 is 29.2 Å². The molecule has 0 spiro atoms. The van der Waals surface area contributed by atoms with Crippen molar-refractivity contribution in [1.29, 1.82) is 0 Å². The molecule has 0 aliphatic carbocycles. The van der Waals surface area contributed by atoms with E-state index < -0.39 is 5.97 Å². The van der Waals surface area contributed by atoms with Crippen LogP contribution in [0.5, 0.6) is 5.75 Å². The van der Waals surface area contributed by atoms with Crippen LogP contribution in [0.2, 0.25) is 5.02 Å². The van der Waals surface area contributed by atoms with Gasteiger partial charge in [-0.15, -0.1) is 0 Å².